The van der Waals surface area contributed by atoms with E-state index in [1.54, 1.807) is 0 Å². The Morgan fingerprint density at radius 1 is 1.17 bits per heavy atom. The van der Waals surface area contributed by atoms with E-state index in [1.165, 1.54) is 20.3 Å². The molecule has 1 heterocycles. The van der Waals surface area contributed by atoms with Gasteiger partial charge in [0.1, 0.15) is 0 Å². The van der Waals surface area contributed by atoms with Gasteiger partial charge in [0.2, 0.25) is 11.8 Å². The van der Waals surface area contributed by atoms with Crippen molar-refractivity contribution >= 4 is 40.9 Å². The van der Waals surface area contributed by atoms with Gasteiger partial charge in [0.05, 0.1) is 26.9 Å². The Labute approximate surface area is 150 Å². The molecule has 1 aromatic heterocycles. The van der Waals surface area contributed by atoms with Crippen LogP contribution in [0.3, 0.4) is 0 Å². The number of nitrogens with zero attached hydrogens (tertiary/aromatic N) is 2. The van der Waals surface area contributed by atoms with Crippen molar-refractivity contribution in [3.8, 4) is 11.8 Å². The maximum atomic E-state index is 12.0. The number of methoxy groups -OCH3 is 2. The fraction of sp³-hybridized carbons (Fsp3) is 0.643. The molecular formula is C14H20Cl2N2O4S. The summed E-state index contributed by atoms with van der Waals surface area (Å²) in [7, 11) is 2.90. The van der Waals surface area contributed by atoms with Gasteiger partial charge in [0.15, 0.2) is 5.16 Å². The summed E-state index contributed by atoms with van der Waals surface area (Å²) in [6, 6.07) is 1.50. The molecule has 0 unspecified atom stereocenters. The molecule has 0 amide bonds. The van der Waals surface area contributed by atoms with Gasteiger partial charge in [-0.15, -0.1) is 0 Å². The van der Waals surface area contributed by atoms with Gasteiger partial charge >= 0.3 is 5.97 Å². The summed E-state index contributed by atoms with van der Waals surface area (Å²) in [6.07, 6.45) is 0.691. The van der Waals surface area contributed by atoms with Gasteiger partial charge in [0, 0.05) is 0 Å². The fourth-order valence-electron chi connectivity index (χ4n) is 1.33. The number of rotatable bonds is 7. The van der Waals surface area contributed by atoms with E-state index in [9.17, 15) is 4.79 Å². The van der Waals surface area contributed by atoms with Crippen LogP contribution in [0, 0.1) is 5.41 Å². The number of alkyl halides is 2. The molecule has 0 radical (unpaired) electrons. The molecule has 0 spiro atoms. The second-order valence-corrected chi connectivity index (χ2v) is 8.76. The molecule has 0 aromatic carbocycles. The summed E-state index contributed by atoms with van der Waals surface area (Å²) in [5.74, 6) is -0.227. The monoisotopic (exact) mass is 382 g/mol. The third-order valence-electron chi connectivity index (χ3n) is 2.62. The summed E-state index contributed by atoms with van der Waals surface area (Å²) in [5.41, 5.74) is 0.0397. The zero-order chi connectivity index (χ0) is 17.7. The Morgan fingerprint density at radius 2 is 1.70 bits per heavy atom. The molecule has 1 rings (SSSR count). The second-order valence-electron chi connectivity index (χ2n) is 5.80. The van der Waals surface area contributed by atoms with Crippen molar-refractivity contribution in [1.82, 2.24) is 9.97 Å². The molecule has 23 heavy (non-hydrogen) atoms. The van der Waals surface area contributed by atoms with Gasteiger partial charge in [-0.1, -0.05) is 44.0 Å². The first-order valence-corrected chi connectivity index (χ1v) is 8.36. The number of esters is 1. The first kappa shape index (κ1) is 20.1. The van der Waals surface area contributed by atoms with E-state index >= 15 is 0 Å². The Morgan fingerprint density at radius 3 is 2.13 bits per heavy atom. The molecule has 1 aromatic rings. The minimum absolute atomic E-state index is 0.0397. The standard InChI is InChI=1S/C14H20Cl2N2O4S/c1-13(2,3)6-7-22-11(19)14(15,16)23-12-17-9(20-4)8-10(18-12)21-5/h8H,6-7H2,1-5H3. The lowest BCUT2D eigenvalue weighted by Gasteiger charge is -2.20. The van der Waals surface area contributed by atoms with E-state index in [2.05, 4.69) is 9.97 Å². The van der Waals surface area contributed by atoms with Crippen molar-refractivity contribution in [3.05, 3.63) is 6.07 Å². The van der Waals surface area contributed by atoms with Gasteiger partial charge in [0.25, 0.3) is 3.67 Å². The van der Waals surface area contributed by atoms with E-state index in [0.717, 1.165) is 11.8 Å². The Hall–Kier alpha value is -0.920. The van der Waals surface area contributed by atoms with Crippen LogP contribution in [-0.2, 0) is 9.53 Å². The number of carbonyl (C=O) groups is 1. The summed E-state index contributed by atoms with van der Waals surface area (Å²) in [4.78, 5) is 20.2. The van der Waals surface area contributed by atoms with Gasteiger partial charge in [-0.3, -0.25) is 0 Å². The van der Waals surface area contributed by atoms with Crippen LogP contribution >= 0.6 is 35.0 Å². The van der Waals surface area contributed by atoms with Crippen molar-refractivity contribution in [3.63, 3.8) is 0 Å². The zero-order valence-electron chi connectivity index (χ0n) is 13.7. The highest BCUT2D eigenvalue weighted by molar-refractivity contribution is 8.04. The topological polar surface area (TPSA) is 70.5 Å². The number of carbonyl (C=O) groups excluding carboxylic acids is 1. The summed E-state index contributed by atoms with van der Waals surface area (Å²) < 4.78 is 13.3. The number of thioether (sulfide) groups is 1. The molecule has 130 valence electrons. The molecule has 9 heteroatoms. The Bertz CT molecular complexity index is 528. The summed E-state index contributed by atoms with van der Waals surface area (Å²) in [6.45, 7) is 6.36. The highest BCUT2D eigenvalue weighted by Crippen LogP contribution is 2.41. The van der Waals surface area contributed by atoms with Crippen molar-refractivity contribution < 1.29 is 19.0 Å². The number of aromatic nitrogens is 2. The van der Waals surface area contributed by atoms with Crippen molar-refractivity contribution in [2.75, 3.05) is 20.8 Å². The van der Waals surface area contributed by atoms with E-state index in [1.807, 2.05) is 20.8 Å². The Kier molecular flexibility index (Phi) is 7.23. The van der Waals surface area contributed by atoms with Crippen molar-refractivity contribution in [2.45, 2.75) is 36.0 Å². The molecule has 0 saturated heterocycles. The van der Waals surface area contributed by atoms with Crippen LogP contribution in [0.25, 0.3) is 0 Å². The predicted molar refractivity (Wildman–Crippen MR) is 90.5 cm³/mol. The predicted octanol–water partition coefficient (Wildman–Crippen LogP) is 3.70. The van der Waals surface area contributed by atoms with E-state index in [4.69, 9.17) is 37.4 Å². The smallest absolute Gasteiger partial charge is 0.353 e. The molecule has 0 N–H and O–H groups in total. The number of hydrogen-bond acceptors (Lipinski definition) is 7. The number of ether oxygens (including phenoxy) is 3. The SMILES string of the molecule is COc1cc(OC)nc(SC(Cl)(Cl)C(=O)OCCC(C)(C)C)n1. The third-order valence-corrected chi connectivity index (χ3v) is 4.18. The largest absolute Gasteiger partial charge is 0.481 e. The molecular weight excluding hydrogens is 363 g/mol. The van der Waals surface area contributed by atoms with Crippen LogP contribution in [0.4, 0.5) is 0 Å². The van der Waals surface area contributed by atoms with Gasteiger partial charge < -0.3 is 14.2 Å². The third kappa shape index (κ3) is 7.01. The minimum Gasteiger partial charge on any atom is -0.481 e. The molecule has 0 bridgehead atoms. The first-order valence-electron chi connectivity index (χ1n) is 6.78. The number of halogens is 2. The lowest BCUT2D eigenvalue weighted by Crippen LogP contribution is -2.26. The van der Waals surface area contributed by atoms with Crippen LogP contribution in [0.15, 0.2) is 11.2 Å². The minimum atomic E-state index is -1.87. The summed E-state index contributed by atoms with van der Waals surface area (Å²) >= 11 is 12.9. The first-order chi connectivity index (χ1) is 10.6. The maximum Gasteiger partial charge on any atom is 0.353 e. The van der Waals surface area contributed by atoms with Gasteiger partial charge in [-0.05, 0) is 23.6 Å². The molecule has 0 saturated carbocycles. The normalized spacial score (nSPS) is 12.0. The van der Waals surface area contributed by atoms with Crippen LogP contribution in [0.5, 0.6) is 11.8 Å². The fourth-order valence-corrected chi connectivity index (χ4v) is 2.49. The van der Waals surface area contributed by atoms with Crippen LogP contribution in [-0.4, -0.2) is 40.4 Å². The summed E-state index contributed by atoms with van der Waals surface area (Å²) in [5, 5.41) is 0.138. The Balaban J connectivity index is 2.75. The second kappa shape index (κ2) is 8.26. The molecule has 6 nitrogen and oxygen atoms in total. The van der Waals surface area contributed by atoms with E-state index in [0.29, 0.717) is 6.42 Å². The molecule has 0 aliphatic heterocycles. The molecule has 0 atom stereocenters. The van der Waals surface area contributed by atoms with Crippen LogP contribution in [0.1, 0.15) is 27.2 Å². The van der Waals surface area contributed by atoms with Crippen molar-refractivity contribution in [1.29, 1.82) is 0 Å². The number of hydrogen-bond donors (Lipinski definition) is 0. The molecule has 0 fully saturated rings. The lowest BCUT2D eigenvalue weighted by molar-refractivity contribution is -0.142. The maximum absolute atomic E-state index is 12.0. The lowest BCUT2D eigenvalue weighted by atomic mass is 9.93. The molecule has 0 aliphatic rings. The highest BCUT2D eigenvalue weighted by atomic mass is 35.5. The average molecular weight is 383 g/mol. The van der Waals surface area contributed by atoms with Gasteiger partial charge in [-0.2, -0.15) is 9.97 Å². The quantitative estimate of drug-likeness (QED) is 0.308. The van der Waals surface area contributed by atoms with Crippen molar-refractivity contribution in [2.24, 2.45) is 5.41 Å². The highest BCUT2D eigenvalue weighted by Gasteiger charge is 2.38. The van der Waals surface area contributed by atoms with E-state index < -0.39 is 9.63 Å². The van der Waals surface area contributed by atoms with E-state index in [-0.39, 0.29) is 28.9 Å². The average Bonchev–Trinajstić information content (AvgIpc) is 2.44. The zero-order valence-corrected chi connectivity index (χ0v) is 16.0. The van der Waals surface area contributed by atoms with Crippen LogP contribution in [0.2, 0.25) is 0 Å². The van der Waals surface area contributed by atoms with Crippen LogP contribution < -0.4 is 9.47 Å². The molecule has 0 aliphatic carbocycles. The van der Waals surface area contributed by atoms with Gasteiger partial charge in [-0.25, -0.2) is 4.79 Å².